The minimum absolute atomic E-state index is 0.885. The Morgan fingerprint density at radius 1 is 1.47 bits per heavy atom. The van der Waals surface area contributed by atoms with Crippen LogP contribution in [-0.2, 0) is 13.6 Å². The molecule has 3 nitrogen and oxygen atoms in total. The van der Waals surface area contributed by atoms with Crippen molar-refractivity contribution in [2.45, 2.75) is 46.1 Å². The molecule has 0 aliphatic heterocycles. The highest BCUT2D eigenvalue weighted by Gasteiger charge is 2.18. The van der Waals surface area contributed by atoms with E-state index in [1.54, 1.807) is 0 Å². The Balaban J connectivity index is 1.74. The first-order chi connectivity index (χ1) is 8.15. The highest BCUT2D eigenvalue weighted by atomic mass is 15.2. The number of nitrogens with zero attached hydrogens (tertiary/aromatic N) is 2. The van der Waals surface area contributed by atoms with Gasteiger partial charge in [0, 0.05) is 25.4 Å². The Kier molecular flexibility index (Phi) is 4.21. The molecule has 1 aliphatic rings. The SMILES string of the molecule is Cc1nn(C)cc1CNCC1CCCC(C)C1. The molecule has 0 bridgehead atoms. The lowest BCUT2D eigenvalue weighted by Gasteiger charge is -2.26. The summed E-state index contributed by atoms with van der Waals surface area (Å²) in [6.07, 6.45) is 7.77. The molecule has 1 aliphatic carbocycles. The lowest BCUT2D eigenvalue weighted by molar-refractivity contribution is 0.274. The van der Waals surface area contributed by atoms with E-state index in [0.717, 1.165) is 24.1 Å². The van der Waals surface area contributed by atoms with Crippen molar-refractivity contribution in [2.75, 3.05) is 6.54 Å². The molecule has 0 spiro atoms. The molecular weight excluding hydrogens is 210 g/mol. The molecule has 1 heterocycles. The van der Waals surface area contributed by atoms with Gasteiger partial charge in [0.25, 0.3) is 0 Å². The number of hydrogen-bond acceptors (Lipinski definition) is 2. The second-order valence-electron chi connectivity index (χ2n) is 5.68. The second-order valence-corrected chi connectivity index (χ2v) is 5.68. The summed E-state index contributed by atoms with van der Waals surface area (Å²) in [6.45, 7) is 6.60. The maximum atomic E-state index is 4.37. The minimum atomic E-state index is 0.885. The van der Waals surface area contributed by atoms with E-state index in [2.05, 4.69) is 30.5 Å². The second kappa shape index (κ2) is 5.67. The van der Waals surface area contributed by atoms with Crippen LogP contribution in [0.3, 0.4) is 0 Å². The third-order valence-corrected chi connectivity index (χ3v) is 3.91. The van der Waals surface area contributed by atoms with Crippen LogP contribution in [0.1, 0.15) is 43.9 Å². The zero-order chi connectivity index (χ0) is 12.3. The van der Waals surface area contributed by atoms with E-state index in [1.807, 2.05) is 11.7 Å². The van der Waals surface area contributed by atoms with Crippen LogP contribution in [0.5, 0.6) is 0 Å². The predicted octanol–water partition coefficient (Wildman–Crippen LogP) is 2.64. The van der Waals surface area contributed by atoms with E-state index in [4.69, 9.17) is 0 Å². The smallest absolute Gasteiger partial charge is 0.0638 e. The third kappa shape index (κ3) is 3.56. The molecule has 3 heteroatoms. The van der Waals surface area contributed by atoms with Gasteiger partial charge in [-0.05, 0) is 38.1 Å². The summed E-state index contributed by atoms with van der Waals surface area (Å²) in [5.41, 5.74) is 2.48. The fourth-order valence-electron chi connectivity index (χ4n) is 2.98. The Morgan fingerprint density at radius 2 is 2.29 bits per heavy atom. The molecule has 1 aromatic rings. The largest absolute Gasteiger partial charge is 0.312 e. The molecular formula is C14H25N3. The van der Waals surface area contributed by atoms with Crippen LogP contribution in [0.15, 0.2) is 6.20 Å². The Labute approximate surface area is 105 Å². The number of aromatic nitrogens is 2. The van der Waals surface area contributed by atoms with Gasteiger partial charge in [0.15, 0.2) is 0 Å². The molecule has 2 unspecified atom stereocenters. The third-order valence-electron chi connectivity index (χ3n) is 3.91. The molecule has 1 N–H and O–H groups in total. The quantitative estimate of drug-likeness (QED) is 0.869. The van der Waals surface area contributed by atoms with Crippen LogP contribution in [0.25, 0.3) is 0 Å². The summed E-state index contributed by atoms with van der Waals surface area (Å²) < 4.78 is 1.90. The van der Waals surface area contributed by atoms with Gasteiger partial charge in [-0.2, -0.15) is 5.10 Å². The summed E-state index contributed by atoms with van der Waals surface area (Å²) >= 11 is 0. The first-order valence-corrected chi connectivity index (χ1v) is 6.85. The van der Waals surface area contributed by atoms with E-state index >= 15 is 0 Å². The predicted molar refractivity (Wildman–Crippen MR) is 70.8 cm³/mol. The fraction of sp³-hybridized carbons (Fsp3) is 0.786. The highest BCUT2D eigenvalue weighted by Crippen LogP contribution is 2.27. The topological polar surface area (TPSA) is 29.9 Å². The van der Waals surface area contributed by atoms with Crippen molar-refractivity contribution >= 4 is 0 Å². The molecule has 96 valence electrons. The Morgan fingerprint density at radius 3 is 2.94 bits per heavy atom. The monoisotopic (exact) mass is 235 g/mol. The van der Waals surface area contributed by atoms with Crippen molar-refractivity contribution in [1.29, 1.82) is 0 Å². The molecule has 2 atom stereocenters. The molecule has 2 rings (SSSR count). The van der Waals surface area contributed by atoms with Crippen molar-refractivity contribution in [2.24, 2.45) is 18.9 Å². The minimum Gasteiger partial charge on any atom is -0.312 e. The van der Waals surface area contributed by atoms with Crippen molar-refractivity contribution in [3.63, 3.8) is 0 Å². The molecule has 0 amide bonds. The van der Waals surface area contributed by atoms with Crippen LogP contribution < -0.4 is 5.32 Å². The zero-order valence-corrected chi connectivity index (χ0v) is 11.4. The van der Waals surface area contributed by atoms with Gasteiger partial charge in [-0.15, -0.1) is 0 Å². The zero-order valence-electron chi connectivity index (χ0n) is 11.4. The van der Waals surface area contributed by atoms with Gasteiger partial charge in [0.1, 0.15) is 0 Å². The number of nitrogens with one attached hydrogen (secondary N) is 1. The van der Waals surface area contributed by atoms with Crippen LogP contribution in [0, 0.1) is 18.8 Å². The van der Waals surface area contributed by atoms with E-state index in [1.165, 1.54) is 37.8 Å². The van der Waals surface area contributed by atoms with Gasteiger partial charge in [-0.1, -0.05) is 19.8 Å². The van der Waals surface area contributed by atoms with E-state index in [-0.39, 0.29) is 0 Å². The van der Waals surface area contributed by atoms with Crippen LogP contribution in [-0.4, -0.2) is 16.3 Å². The molecule has 17 heavy (non-hydrogen) atoms. The normalized spacial score (nSPS) is 25.1. The summed E-state index contributed by atoms with van der Waals surface area (Å²) in [6, 6.07) is 0. The van der Waals surface area contributed by atoms with Crippen molar-refractivity contribution in [3.05, 3.63) is 17.5 Å². The van der Waals surface area contributed by atoms with E-state index in [0.29, 0.717) is 0 Å². The number of rotatable bonds is 4. The van der Waals surface area contributed by atoms with Crippen LogP contribution >= 0.6 is 0 Å². The summed E-state index contributed by atoms with van der Waals surface area (Å²) in [5, 5.41) is 7.96. The van der Waals surface area contributed by atoms with Gasteiger partial charge in [0.2, 0.25) is 0 Å². The Hall–Kier alpha value is -0.830. The summed E-state index contributed by atoms with van der Waals surface area (Å²) in [7, 11) is 1.99. The van der Waals surface area contributed by atoms with Gasteiger partial charge < -0.3 is 5.32 Å². The standard InChI is InChI=1S/C14H25N3/c1-11-5-4-6-13(7-11)8-15-9-14-10-17(3)16-12(14)2/h10-11,13,15H,4-9H2,1-3H3. The molecule has 1 aromatic heterocycles. The van der Waals surface area contributed by atoms with E-state index in [9.17, 15) is 0 Å². The molecule has 0 saturated heterocycles. The average Bonchev–Trinajstić information content (AvgIpc) is 2.58. The van der Waals surface area contributed by atoms with Crippen LogP contribution in [0.4, 0.5) is 0 Å². The van der Waals surface area contributed by atoms with Crippen molar-refractivity contribution < 1.29 is 0 Å². The van der Waals surface area contributed by atoms with Crippen molar-refractivity contribution in [1.82, 2.24) is 15.1 Å². The van der Waals surface area contributed by atoms with E-state index < -0.39 is 0 Å². The van der Waals surface area contributed by atoms with Crippen molar-refractivity contribution in [3.8, 4) is 0 Å². The molecule has 0 aromatic carbocycles. The molecule has 1 saturated carbocycles. The lowest BCUT2D eigenvalue weighted by atomic mass is 9.82. The molecule has 0 radical (unpaired) electrons. The summed E-state index contributed by atoms with van der Waals surface area (Å²) in [5.74, 6) is 1.81. The van der Waals surface area contributed by atoms with Crippen LogP contribution in [0.2, 0.25) is 0 Å². The maximum Gasteiger partial charge on any atom is 0.0638 e. The summed E-state index contributed by atoms with van der Waals surface area (Å²) in [4.78, 5) is 0. The average molecular weight is 235 g/mol. The number of aryl methyl sites for hydroxylation is 2. The fourth-order valence-corrected chi connectivity index (χ4v) is 2.98. The lowest BCUT2D eigenvalue weighted by Crippen LogP contribution is -2.26. The molecule has 1 fully saturated rings. The Bertz CT molecular complexity index is 356. The van der Waals surface area contributed by atoms with Gasteiger partial charge in [0.05, 0.1) is 5.69 Å². The number of hydrogen-bond donors (Lipinski definition) is 1. The van der Waals surface area contributed by atoms with Gasteiger partial charge >= 0.3 is 0 Å². The van der Waals surface area contributed by atoms with Gasteiger partial charge in [-0.25, -0.2) is 0 Å². The maximum absolute atomic E-state index is 4.37. The first kappa shape index (κ1) is 12.6. The highest BCUT2D eigenvalue weighted by molar-refractivity contribution is 5.14. The first-order valence-electron chi connectivity index (χ1n) is 6.85. The van der Waals surface area contributed by atoms with Gasteiger partial charge in [-0.3, -0.25) is 4.68 Å².